The molecule has 7 nitrogen and oxygen atoms in total. The molecule has 4 rings (SSSR count). The summed E-state index contributed by atoms with van der Waals surface area (Å²) in [5.74, 6) is 0.160. The van der Waals surface area contributed by atoms with Crippen LogP contribution in [0.2, 0.25) is 0 Å². The minimum absolute atomic E-state index is 0.111. The molecule has 1 aliphatic heterocycles. The molecule has 7 heteroatoms. The monoisotopic (exact) mass is 337 g/mol. The number of para-hydroxylation sites is 1. The van der Waals surface area contributed by atoms with E-state index in [-0.39, 0.29) is 11.8 Å². The summed E-state index contributed by atoms with van der Waals surface area (Å²) in [6.45, 7) is 0.346. The summed E-state index contributed by atoms with van der Waals surface area (Å²) in [6.07, 6.45) is 0.637. The van der Waals surface area contributed by atoms with Gasteiger partial charge in [-0.3, -0.25) is 14.3 Å². The third-order valence-electron chi connectivity index (χ3n) is 4.09. The zero-order valence-electron chi connectivity index (χ0n) is 13.2. The van der Waals surface area contributed by atoms with Crippen molar-refractivity contribution < 1.29 is 14.1 Å². The van der Waals surface area contributed by atoms with Crippen LogP contribution in [0.3, 0.4) is 0 Å². The Balaban J connectivity index is 1.49. The molecule has 25 heavy (non-hydrogen) atoms. The summed E-state index contributed by atoms with van der Waals surface area (Å²) in [6, 6.07) is 14.8. The van der Waals surface area contributed by atoms with Gasteiger partial charge in [0, 0.05) is 11.3 Å². The van der Waals surface area contributed by atoms with Gasteiger partial charge in [-0.25, -0.2) is 4.79 Å². The van der Waals surface area contributed by atoms with Gasteiger partial charge in [-0.15, -0.1) is 0 Å². The van der Waals surface area contributed by atoms with E-state index in [0.717, 1.165) is 11.3 Å². The number of hydrogen-bond donors (Lipinski definition) is 2. The molecule has 3 aromatic rings. The lowest BCUT2D eigenvalue weighted by Gasteiger charge is -2.24. The Morgan fingerprint density at radius 2 is 2.08 bits per heavy atom. The number of fused-ring (bicyclic) bond motifs is 1. The lowest BCUT2D eigenvalue weighted by atomic mass is 9.96. The topological polar surface area (TPSA) is 97.2 Å². The number of nitrogens with one attached hydrogen (secondary N) is 2. The summed E-state index contributed by atoms with van der Waals surface area (Å²) in [5.41, 5.74) is 2.29. The second-order valence-electron chi connectivity index (χ2n) is 5.83. The van der Waals surface area contributed by atoms with E-state index in [0.29, 0.717) is 30.1 Å². The maximum absolute atomic E-state index is 12.5. The molecule has 0 bridgehead atoms. The number of anilines is 1. The summed E-state index contributed by atoms with van der Waals surface area (Å²) in [7, 11) is 0. The molecule has 2 heterocycles. The molecule has 126 valence electrons. The highest BCUT2D eigenvalue weighted by atomic mass is 16.5. The molecule has 0 spiro atoms. The van der Waals surface area contributed by atoms with Gasteiger partial charge >= 0.3 is 5.76 Å². The van der Waals surface area contributed by atoms with E-state index < -0.39 is 5.76 Å². The lowest BCUT2D eigenvalue weighted by molar-refractivity contribution is -0.121. The van der Waals surface area contributed by atoms with E-state index in [2.05, 4.69) is 20.0 Å². The SMILES string of the molecule is O=C(Nc1cccc(-c2noc(=O)[nH]2)c1)[C@@H]1COc2ccccc2C1. The highest BCUT2D eigenvalue weighted by Gasteiger charge is 2.25. The lowest BCUT2D eigenvalue weighted by Crippen LogP contribution is -2.32. The largest absolute Gasteiger partial charge is 0.492 e. The van der Waals surface area contributed by atoms with Gasteiger partial charge in [0.15, 0.2) is 5.82 Å². The minimum atomic E-state index is -0.623. The zero-order chi connectivity index (χ0) is 17.2. The Morgan fingerprint density at radius 3 is 2.92 bits per heavy atom. The van der Waals surface area contributed by atoms with Gasteiger partial charge in [-0.05, 0) is 30.2 Å². The maximum Gasteiger partial charge on any atom is 0.439 e. The standard InChI is InChI=1S/C18H15N3O4/c22-17(13-8-11-4-1-2-7-15(11)24-10-13)19-14-6-3-5-12(9-14)16-20-18(23)25-21-16/h1-7,9,13H,8,10H2,(H,19,22)(H,20,21,23)/t13-/m0/s1. The molecular weight excluding hydrogens is 322 g/mol. The van der Waals surface area contributed by atoms with Crippen molar-refractivity contribution in [1.29, 1.82) is 0 Å². The van der Waals surface area contributed by atoms with Crippen molar-refractivity contribution in [3.05, 3.63) is 64.6 Å². The van der Waals surface area contributed by atoms with E-state index in [4.69, 9.17) is 4.74 Å². The summed E-state index contributed by atoms with van der Waals surface area (Å²) >= 11 is 0. The van der Waals surface area contributed by atoms with Gasteiger partial charge in [0.2, 0.25) is 5.91 Å². The van der Waals surface area contributed by atoms with Crippen LogP contribution in [0, 0.1) is 5.92 Å². The molecule has 2 aromatic carbocycles. The van der Waals surface area contributed by atoms with Gasteiger partial charge < -0.3 is 10.1 Å². The van der Waals surface area contributed by atoms with E-state index in [9.17, 15) is 9.59 Å². The molecule has 1 amide bonds. The molecule has 0 fully saturated rings. The van der Waals surface area contributed by atoms with Crippen molar-refractivity contribution >= 4 is 11.6 Å². The second-order valence-corrected chi connectivity index (χ2v) is 5.83. The van der Waals surface area contributed by atoms with Crippen molar-refractivity contribution in [1.82, 2.24) is 10.1 Å². The predicted octanol–water partition coefficient (Wildman–Crippen LogP) is 2.22. The number of hydrogen-bond acceptors (Lipinski definition) is 5. The first kappa shape index (κ1) is 15.2. The van der Waals surface area contributed by atoms with Gasteiger partial charge in [0.05, 0.1) is 5.92 Å². The first-order chi connectivity index (χ1) is 12.2. The number of amides is 1. The zero-order valence-corrected chi connectivity index (χ0v) is 13.2. The van der Waals surface area contributed by atoms with Crippen LogP contribution >= 0.6 is 0 Å². The second kappa shape index (κ2) is 6.27. The molecule has 0 aliphatic carbocycles. The molecule has 1 aliphatic rings. The Hall–Kier alpha value is -3.35. The Kier molecular flexibility index (Phi) is 3.81. The van der Waals surface area contributed by atoms with Crippen molar-refractivity contribution in [2.24, 2.45) is 5.92 Å². The number of rotatable bonds is 3. The fourth-order valence-electron chi connectivity index (χ4n) is 2.84. The van der Waals surface area contributed by atoms with E-state index in [1.807, 2.05) is 24.3 Å². The number of aromatic nitrogens is 2. The highest BCUT2D eigenvalue weighted by molar-refractivity contribution is 5.93. The fraction of sp³-hybridized carbons (Fsp3) is 0.167. The van der Waals surface area contributed by atoms with Crippen LogP contribution in [0.4, 0.5) is 5.69 Å². The number of benzene rings is 2. The maximum atomic E-state index is 12.5. The average Bonchev–Trinajstić information content (AvgIpc) is 3.08. The minimum Gasteiger partial charge on any atom is -0.492 e. The van der Waals surface area contributed by atoms with Crippen molar-refractivity contribution in [3.63, 3.8) is 0 Å². The Labute approximate surface area is 142 Å². The average molecular weight is 337 g/mol. The van der Waals surface area contributed by atoms with Crippen LogP contribution in [0.1, 0.15) is 5.56 Å². The van der Waals surface area contributed by atoms with Crippen LogP contribution in [0.5, 0.6) is 5.75 Å². The third kappa shape index (κ3) is 3.16. The number of carbonyl (C=O) groups excluding carboxylic acids is 1. The van der Waals surface area contributed by atoms with Crippen molar-refractivity contribution in [2.75, 3.05) is 11.9 Å². The molecular formula is C18H15N3O4. The van der Waals surface area contributed by atoms with Gasteiger partial charge in [0.25, 0.3) is 0 Å². The Bertz CT molecular complexity index is 976. The molecule has 0 saturated heterocycles. The number of aromatic amines is 1. The smallest absolute Gasteiger partial charge is 0.439 e. The van der Waals surface area contributed by atoms with Crippen LogP contribution < -0.4 is 15.8 Å². The highest BCUT2D eigenvalue weighted by Crippen LogP contribution is 2.27. The molecule has 1 atom stereocenters. The van der Waals surface area contributed by atoms with Gasteiger partial charge in [-0.2, -0.15) is 0 Å². The summed E-state index contributed by atoms with van der Waals surface area (Å²) < 4.78 is 10.2. The molecule has 2 N–H and O–H groups in total. The quantitative estimate of drug-likeness (QED) is 0.764. The van der Waals surface area contributed by atoms with E-state index in [1.54, 1.807) is 24.3 Å². The van der Waals surface area contributed by atoms with Crippen LogP contribution in [-0.2, 0) is 11.2 Å². The fourth-order valence-corrected chi connectivity index (χ4v) is 2.84. The predicted molar refractivity (Wildman–Crippen MR) is 90.3 cm³/mol. The number of ether oxygens (including phenoxy) is 1. The summed E-state index contributed by atoms with van der Waals surface area (Å²) in [4.78, 5) is 26.1. The number of carbonyl (C=O) groups is 1. The first-order valence-electron chi connectivity index (χ1n) is 7.87. The molecule has 0 saturated carbocycles. The van der Waals surface area contributed by atoms with Crippen molar-refractivity contribution in [3.8, 4) is 17.1 Å². The van der Waals surface area contributed by atoms with Gasteiger partial charge in [-0.1, -0.05) is 35.5 Å². The molecule has 0 unspecified atom stereocenters. The number of nitrogens with zero attached hydrogens (tertiary/aromatic N) is 1. The van der Waals surface area contributed by atoms with Crippen molar-refractivity contribution in [2.45, 2.75) is 6.42 Å². The normalized spacial score (nSPS) is 15.9. The van der Waals surface area contributed by atoms with E-state index in [1.165, 1.54) is 0 Å². The Morgan fingerprint density at radius 1 is 1.20 bits per heavy atom. The molecule has 1 aromatic heterocycles. The third-order valence-corrected chi connectivity index (χ3v) is 4.09. The molecule has 0 radical (unpaired) electrons. The first-order valence-corrected chi connectivity index (χ1v) is 7.87. The number of H-pyrrole nitrogens is 1. The van der Waals surface area contributed by atoms with Gasteiger partial charge in [0.1, 0.15) is 12.4 Å². The van der Waals surface area contributed by atoms with Crippen LogP contribution in [0.15, 0.2) is 57.8 Å². The van der Waals surface area contributed by atoms with Crippen LogP contribution in [0.25, 0.3) is 11.4 Å². The summed E-state index contributed by atoms with van der Waals surface area (Å²) in [5, 5.41) is 6.54. The van der Waals surface area contributed by atoms with E-state index >= 15 is 0 Å². The van der Waals surface area contributed by atoms with Crippen LogP contribution in [-0.4, -0.2) is 22.7 Å².